The third-order valence-corrected chi connectivity index (χ3v) is 6.34. The lowest BCUT2D eigenvalue weighted by molar-refractivity contribution is -0.105. The van der Waals surface area contributed by atoms with Crippen molar-refractivity contribution in [2.75, 3.05) is 19.6 Å². The number of hydrogen-bond donors (Lipinski definition) is 1. The maximum Gasteiger partial charge on any atom is 0.0518 e. The van der Waals surface area contributed by atoms with Crippen molar-refractivity contribution < 1.29 is 5.21 Å². The van der Waals surface area contributed by atoms with Gasteiger partial charge in [-0.3, -0.25) is 4.90 Å². The van der Waals surface area contributed by atoms with Gasteiger partial charge in [0.25, 0.3) is 0 Å². The molecule has 2 saturated heterocycles. The highest BCUT2D eigenvalue weighted by molar-refractivity contribution is 4.95. The zero-order chi connectivity index (χ0) is 17.2. The molecule has 0 aliphatic carbocycles. The normalized spacial score (nSPS) is 25.0. The number of unbranched alkanes of at least 4 members (excludes halogenated alkanes) is 8. The van der Waals surface area contributed by atoms with E-state index in [1.807, 2.05) is 0 Å². The Morgan fingerprint density at radius 2 is 1.42 bits per heavy atom. The first-order valence-corrected chi connectivity index (χ1v) is 11.0. The molecule has 0 bridgehead atoms. The van der Waals surface area contributed by atoms with Gasteiger partial charge in [-0.25, -0.2) is 0 Å². The summed E-state index contributed by atoms with van der Waals surface area (Å²) >= 11 is 0. The second-order valence-corrected chi connectivity index (χ2v) is 8.29. The Hall–Kier alpha value is -0.120. The SMILES string of the molecule is CCCCCCCC(CCCCCCC)N1CC2CCN(O)C2C1. The van der Waals surface area contributed by atoms with Crippen molar-refractivity contribution >= 4 is 0 Å². The first-order chi connectivity index (χ1) is 11.8. The molecular weight excluding hydrogens is 296 g/mol. The first kappa shape index (κ1) is 20.2. The predicted octanol–water partition coefficient (Wildman–Crippen LogP) is 5.47. The van der Waals surface area contributed by atoms with Crippen molar-refractivity contribution in [2.24, 2.45) is 5.92 Å². The summed E-state index contributed by atoms with van der Waals surface area (Å²) in [4.78, 5) is 2.73. The molecule has 0 spiro atoms. The molecule has 2 heterocycles. The van der Waals surface area contributed by atoms with Crippen LogP contribution in [0.1, 0.15) is 97.3 Å². The Morgan fingerprint density at radius 1 is 0.833 bits per heavy atom. The van der Waals surface area contributed by atoms with Crippen molar-refractivity contribution in [2.45, 2.75) is 109 Å². The molecular formula is C21H42N2O. The number of fused-ring (bicyclic) bond motifs is 1. The Balaban J connectivity index is 1.74. The topological polar surface area (TPSA) is 26.7 Å². The minimum Gasteiger partial charge on any atom is -0.314 e. The lowest BCUT2D eigenvalue weighted by Gasteiger charge is -2.29. The summed E-state index contributed by atoms with van der Waals surface area (Å²) in [6, 6.07) is 1.19. The van der Waals surface area contributed by atoms with Crippen LogP contribution in [0.5, 0.6) is 0 Å². The molecule has 2 unspecified atom stereocenters. The van der Waals surface area contributed by atoms with Crippen molar-refractivity contribution in [3.63, 3.8) is 0 Å². The van der Waals surface area contributed by atoms with Crippen LogP contribution in [0.4, 0.5) is 0 Å². The number of hydrogen-bond acceptors (Lipinski definition) is 3. The molecule has 1 N–H and O–H groups in total. The van der Waals surface area contributed by atoms with E-state index in [2.05, 4.69) is 18.7 Å². The maximum atomic E-state index is 10.1. The summed E-state index contributed by atoms with van der Waals surface area (Å²) < 4.78 is 0. The fourth-order valence-electron chi connectivity index (χ4n) is 4.75. The van der Waals surface area contributed by atoms with Crippen LogP contribution < -0.4 is 0 Å². The monoisotopic (exact) mass is 338 g/mol. The van der Waals surface area contributed by atoms with Crippen LogP contribution in [0.3, 0.4) is 0 Å². The van der Waals surface area contributed by atoms with Gasteiger partial charge in [0.1, 0.15) is 0 Å². The molecule has 2 atom stereocenters. The third kappa shape index (κ3) is 6.31. The number of hydroxylamine groups is 2. The van der Waals surface area contributed by atoms with Gasteiger partial charge < -0.3 is 5.21 Å². The van der Waals surface area contributed by atoms with Crippen LogP contribution in [0.25, 0.3) is 0 Å². The van der Waals surface area contributed by atoms with E-state index >= 15 is 0 Å². The van der Waals surface area contributed by atoms with Crippen LogP contribution in [-0.4, -0.2) is 46.9 Å². The Labute approximate surface area is 150 Å². The van der Waals surface area contributed by atoms with Gasteiger partial charge >= 0.3 is 0 Å². The molecule has 2 aliphatic heterocycles. The van der Waals surface area contributed by atoms with Crippen molar-refractivity contribution in [3.05, 3.63) is 0 Å². The second kappa shape index (κ2) is 11.5. The molecule has 0 aromatic rings. The van der Waals surface area contributed by atoms with E-state index in [-0.39, 0.29) is 0 Å². The molecule has 0 saturated carbocycles. The van der Waals surface area contributed by atoms with Gasteiger partial charge in [-0.05, 0) is 25.2 Å². The summed E-state index contributed by atoms with van der Waals surface area (Å²) in [5.74, 6) is 0.720. The average Bonchev–Trinajstić information content (AvgIpc) is 3.15. The highest BCUT2D eigenvalue weighted by Crippen LogP contribution is 2.33. The van der Waals surface area contributed by atoms with Crippen LogP contribution in [0, 0.1) is 5.92 Å². The van der Waals surface area contributed by atoms with E-state index in [0.29, 0.717) is 6.04 Å². The highest BCUT2D eigenvalue weighted by atomic mass is 16.5. The van der Waals surface area contributed by atoms with Crippen LogP contribution in [0.15, 0.2) is 0 Å². The second-order valence-electron chi connectivity index (χ2n) is 8.29. The molecule has 3 nitrogen and oxygen atoms in total. The zero-order valence-electron chi connectivity index (χ0n) is 16.4. The lowest BCUT2D eigenvalue weighted by Crippen LogP contribution is -2.38. The molecule has 2 rings (SSSR count). The van der Waals surface area contributed by atoms with Crippen LogP contribution >= 0.6 is 0 Å². The molecule has 0 aromatic carbocycles. The van der Waals surface area contributed by atoms with E-state index in [4.69, 9.17) is 0 Å². The first-order valence-electron chi connectivity index (χ1n) is 11.0. The fraction of sp³-hybridized carbons (Fsp3) is 1.00. The van der Waals surface area contributed by atoms with Gasteiger partial charge in [0.05, 0.1) is 6.04 Å². The minimum atomic E-state index is 0.424. The number of nitrogens with zero attached hydrogens (tertiary/aromatic N) is 2. The Kier molecular flexibility index (Phi) is 9.67. The van der Waals surface area contributed by atoms with Crippen LogP contribution in [0.2, 0.25) is 0 Å². The van der Waals surface area contributed by atoms with Gasteiger partial charge in [-0.1, -0.05) is 78.1 Å². The molecule has 0 aromatic heterocycles. The fourth-order valence-corrected chi connectivity index (χ4v) is 4.75. The summed E-state index contributed by atoms with van der Waals surface area (Å²) in [6.07, 6.45) is 17.9. The Bertz CT molecular complexity index is 309. The Morgan fingerprint density at radius 3 is 1.96 bits per heavy atom. The van der Waals surface area contributed by atoms with Crippen molar-refractivity contribution in [1.29, 1.82) is 0 Å². The number of likely N-dealkylation sites (tertiary alicyclic amines) is 1. The number of rotatable bonds is 13. The molecule has 0 radical (unpaired) electrons. The zero-order valence-corrected chi connectivity index (χ0v) is 16.4. The van der Waals surface area contributed by atoms with E-state index in [1.165, 1.54) is 90.0 Å². The molecule has 2 aliphatic rings. The largest absolute Gasteiger partial charge is 0.314 e. The third-order valence-electron chi connectivity index (χ3n) is 6.34. The van der Waals surface area contributed by atoms with Gasteiger partial charge in [-0.15, -0.1) is 0 Å². The van der Waals surface area contributed by atoms with Gasteiger partial charge in [0.15, 0.2) is 0 Å². The van der Waals surface area contributed by atoms with Gasteiger partial charge in [-0.2, -0.15) is 5.06 Å². The van der Waals surface area contributed by atoms with Crippen LogP contribution in [-0.2, 0) is 0 Å². The van der Waals surface area contributed by atoms with Crippen molar-refractivity contribution in [3.8, 4) is 0 Å². The maximum absolute atomic E-state index is 10.1. The van der Waals surface area contributed by atoms with Gasteiger partial charge in [0, 0.05) is 25.7 Å². The average molecular weight is 339 g/mol. The smallest absolute Gasteiger partial charge is 0.0518 e. The highest BCUT2D eigenvalue weighted by Gasteiger charge is 2.42. The summed E-state index contributed by atoms with van der Waals surface area (Å²) in [6.45, 7) is 7.82. The molecule has 142 valence electrons. The lowest BCUT2D eigenvalue weighted by atomic mass is 9.99. The molecule has 0 amide bonds. The quantitative estimate of drug-likeness (QED) is 0.451. The van der Waals surface area contributed by atoms with Gasteiger partial charge in [0.2, 0.25) is 0 Å². The molecule has 24 heavy (non-hydrogen) atoms. The summed E-state index contributed by atoms with van der Waals surface area (Å²) in [7, 11) is 0. The van der Waals surface area contributed by atoms with E-state index in [9.17, 15) is 5.21 Å². The summed E-state index contributed by atoms with van der Waals surface area (Å²) in [5.41, 5.74) is 0. The van der Waals surface area contributed by atoms with E-state index < -0.39 is 0 Å². The van der Waals surface area contributed by atoms with E-state index in [0.717, 1.165) is 25.0 Å². The van der Waals surface area contributed by atoms with E-state index in [1.54, 1.807) is 5.06 Å². The van der Waals surface area contributed by atoms with Crippen molar-refractivity contribution in [1.82, 2.24) is 9.96 Å². The molecule has 2 fully saturated rings. The molecule has 3 heteroatoms. The predicted molar refractivity (Wildman–Crippen MR) is 103 cm³/mol. The minimum absolute atomic E-state index is 0.424. The standard InChI is InChI=1S/C21H42N2O/c1-3-5-7-9-11-13-20(14-12-10-8-6-4-2)22-17-19-15-16-23(24)21(19)18-22/h19-21,24H,3-18H2,1-2H3. The summed E-state index contributed by atoms with van der Waals surface area (Å²) in [5, 5.41) is 11.7.